The third-order valence-electron chi connectivity index (χ3n) is 4.82. The molecule has 3 rings (SSSR count). The summed E-state index contributed by atoms with van der Waals surface area (Å²) in [6.45, 7) is 2.36. The van der Waals surface area contributed by atoms with Crippen LogP contribution in [0.5, 0.6) is 0 Å². The highest BCUT2D eigenvalue weighted by Crippen LogP contribution is 2.32. The topological polar surface area (TPSA) is 16.1 Å². The number of hydrogen-bond acceptors (Lipinski definition) is 2. The van der Waals surface area contributed by atoms with Gasteiger partial charge in [-0.1, -0.05) is 38.0 Å². The molecule has 1 heterocycles. The summed E-state index contributed by atoms with van der Waals surface area (Å²) >= 11 is 6.19. The van der Waals surface area contributed by atoms with Crippen molar-refractivity contribution in [2.45, 2.75) is 44.5 Å². The van der Waals surface area contributed by atoms with E-state index in [1.165, 1.54) is 31.1 Å². The largest absolute Gasteiger partial charge is 0.356 e. The molecule has 112 valence electrons. The molecule has 1 saturated carbocycles. The van der Waals surface area contributed by atoms with E-state index in [2.05, 4.69) is 43.1 Å². The molecule has 2 atom stereocenters. The zero-order valence-corrected chi connectivity index (χ0v) is 13.6. The van der Waals surface area contributed by atoms with Gasteiger partial charge in [-0.3, -0.25) is 0 Å². The van der Waals surface area contributed by atoms with Crippen LogP contribution in [0.1, 0.15) is 38.2 Å². The first-order valence-electron chi connectivity index (χ1n) is 7.88. The minimum atomic E-state index is 0.513. The molecule has 0 radical (unpaired) electrons. The lowest BCUT2D eigenvalue weighted by Gasteiger charge is -2.37. The second-order valence-electron chi connectivity index (χ2n) is 6.24. The number of pyridine rings is 1. The molecule has 2 nitrogen and oxygen atoms in total. The molecule has 1 aromatic heterocycles. The summed E-state index contributed by atoms with van der Waals surface area (Å²) in [5.41, 5.74) is 2.19. The van der Waals surface area contributed by atoms with Crippen LogP contribution in [0.3, 0.4) is 0 Å². The van der Waals surface area contributed by atoms with Crippen LogP contribution in [0.2, 0.25) is 0 Å². The van der Waals surface area contributed by atoms with E-state index >= 15 is 0 Å². The smallest absolute Gasteiger partial charge is 0.133 e. The highest BCUT2D eigenvalue weighted by molar-refractivity contribution is 6.17. The van der Waals surface area contributed by atoms with Crippen molar-refractivity contribution >= 4 is 28.3 Å². The van der Waals surface area contributed by atoms with Crippen molar-refractivity contribution in [1.82, 2.24) is 4.98 Å². The molecule has 0 N–H and O–H groups in total. The average molecular weight is 303 g/mol. The van der Waals surface area contributed by atoms with Gasteiger partial charge in [-0.25, -0.2) is 4.98 Å². The van der Waals surface area contributed by atoms with Crippen LogP contribution in [-0.4, -0.2) is 18.1 Å². The van der Waals surface area contributed by atoms with Gasteiger partial charge in [-0.15, -0.1) is 11.6 Å². The van der Waals surface area contributed by atoms with Crippen LogP contribution in [0.15, 0.2) is 30.3 Å². The van der Waals surface area contributed by atoms with E-state index in [0.717, 1.165) is 22.8 Å². The van der Waals surface area contributed by atoms with Crippen molar-refractivity contribution in [3.8, 4) is 0 Å². The fraction of sp³-hybridized carbons (Fsp3) is 0.500. The summed E-state index contributed by atoms with van der Waals surface area (Å²) < 4.78 is 0. The molecule has 2 aromatic rings. The summed E-state index contributed by atoms with van der Waals surface area (Å²) in [5, 5.41) is 1.17. The molecule has 0 saturated heterocycles. The number of halogens is 1. The lowest BCUT2D eigenvalue weighted by molar-refractivity contribution is 0.320. The summed E-state index contributed by atoms with van der Waals surface area (Å²) in [7, 11) is 2.18. The van der Waals surface area contributed by atoms with Gasteiger partial charge in [-0.05, 0) is 30.9 Å². The van der Waals surface area contributed by atoms with E-state index in [9.17, 15) is 0 Å². The number of alkyl halides is 1. The van der Waals surface area contributed by atoms with Gasteiger partial charge in [-0.2, -0.15) is 0 Å². The quantitative estimate of drug-likeness (QED) is 0.743. The van der Waals surface area contributed by atoms with Crippen molar-refractivity contribution in [1.29, 1.82) is 0 Å². The van der Waals surface area contributed by atoms with E-state index < -0.39 is 0 Å². The molecule has 1 aromatic carbocycles. The standard InChI is InChI=1S/C18H23ClN2/c1-13-7-3-6-10-17(13)21(2)18-15(12-19)11-14-8-4-5-9-16(14)20-18/h4-5,8-9,11,13,17H,3,6-7,10,12H2,1-2H3. The van der Waals surface area contributed by atoms with E-state index in [1.54, 1.807) is 0 Å². The maximum Gasteiger partial charge on any atom is 0.133 e. The van der Waals surface area contributed by atoms with Crippen LogP contribution in [-0.2, 0) is 5.88 Å². The van der Waals surface area contributed by atoms with Gasteiger partial charge in [0.05, 0.1) is 11.4 Å². The van der Waals surface area contributed by atoms with Crippen LogP contribution in [0.4, 0.5) is 5.82 Å². The maximum atomic E-state index is 6.19. The highest BCUT2D eigenvalue weighted by Gasteiger charge is 2.27. The SMILES string of the molecule is CC1CCCCC1N(C)c1nc2ccccc2cc1CCl. The van der Waals surface area contributed by atoms with Crippen molar-refractivity contribution < 1.29 is 0 Å². The highest BCUT2D eigenvalue weighted by atomic mass is 35.5. The number of anilines is 1. The fourth-order valence-corrected chi connectivity index (χ4v) is 3.78. The Morgan fingerprint density at radius 2 is 2.00 bits per heavy atom. The normalized spacial score (nSPS) is 22.4. The number of hydrogen-bond donors (Lipinski definition) is 0. The van der Waals surface area contributed by atoms with Gasteiger partial charge >= 0.3 is 0 Å². The molecule has 0 amide bonds. The number of rotatable bonds is 3. The van der Waals surface area contributed by atoms with Crippen molar-refractivity contribution in [2.24, 2.45) is 5.92 Å². The van der Waals surface area contributed by atoms with Crippen molar-refractivity contribution in [2.75, 3.05) is 11.9 Å². The first kappa shape index (κ1) is 14.6. The van der Waals surface area contributed by atoms with Gasteiger partial charge in [0, 0.05) is 24.0 Å². The lowest BCUT2D eigenvalue weighted by atomic mass is 9.85. The van der Waals surface area contributed by atoms with Gasteiger partial charge in [0.15, 0.2) is 0 Å². The molecule has 21 heavy (non-hydrogen) atoms. The second-order valence-corrected chi connectivity index (χ2v) is 6.50. The monoisotopic (exact) mass is 302 g/mol. The Labute approximate surface area is 132 Å². The van der Waals surface area contributed by atoms with Gasteiger partial charge in [0.25, 0.3) is 0 Å². The third-order valence-corrected chi connectivity index (χ3v) is 5.11. The first-order chi connectivity index (χ1) is 10.2. The minimum Gasteiger partial charge on any atom is -0.356 e. The first-order valence-corrected chi connectivity index (χ1v) is 8.41. The third kappa shape index (κ3) is 2.87. The summed E-state index contributed by atoms with van der Waals surface area (Å²) in [4.78, 5) is 7.27. The van der Waals surface area contributed by atoms with Crippen LogP contribution < -0.4 is 4.90 Å². The lowest BCUT2D eigenvalue weighted by Crippen LogP contribution is -2.39. The Morgan fingerprint density at radius 3 is 2.76 bits per heavy atom. The van der Waals surface area contributed by atoms with E-state index in [1.807, 2.05) is 6.07 Å². The van der Waals surface area contributed by atoms with Crippen LogP contribution in [0, 0.1) is 5.92 Å². The molecule has 1 aliphatic rings. The molecule has 0 bridgehead atoms. The van der Waals surface area contributed by atoms with E-state index in [0.29, 0.717) is 11.9 Å². The Bertz CT molecular complexity index is 626. The van der Waals surface area contributed by atoms with Gasteiger partial charge < -0.3 is 4.90 Å². The summed E-state index contributed by atoms with van der Waals surface area (Å²) in [6, 6.07) is 11.0. The van der Waals surface area contributed by atoms with E-state index in [-0.39, 0.29) is 0 Å². The van der Waals surface area contributed by atoms with Crippen LogP contribution >= 0.6 is 11.6 Å². The molecule has 1 aliphatic carbocycles. The molecular weight excluding hydrogens is 280 g/mol. The number of benzene rings is 1. The predicted octanol–water partition coefficient (Wildman–Crippen LogP) is 4.99. The number of nitrogens with zero attached hydrogens (tertiary/aromatic N) is 2. The zero-order chi connectivity index (χ0) is 14.8. The number of fused-ring (bicyclic) bond motifs is 1. The molecule has 0 aliphatic heterocycles. The van der Waals surface area contributed by atoms with E-state index in [4.69, 9.17) is 16.6 Å². The van der Waals surface area contributed by atoms with Gasteiger partial charge in [0.2, 0.25) is 0 Å². The molecular formula is C18H23ClN2. The van der Waals surface area contributed by atoms with Crippen molar-refractivity contribution in [3.05, 3.63) is 35.9 Å². The Morgan fingerprint density at radius 1 is 1.24 bits per heavy atom. The Balaban J connectivity index is 2.01. The fourth-order valence-electron chi connectivity index (χ4n) is 3.58. The van der Waals surface area contributed by atoms with Crippen molar-refractivity contribution in [3.63, 3.8) is 0 Å². The summed E-state index contributed by atoms with van der Waals surface area (Å²) in [5.74, 6) is 2.29. The summed E-state index contributed by atoms with van der Waals surface area (Å²) in [6.07, 6.45) is 5.26. The molecule has 0 spiro atoms. The zero-order valence-electron chi connectivity index (χ0n) is 12.8. The Kier molecular flexibility index (Phi) is 4.34. The average Bonchev–Trinajstić information content (AvgIpc) is 2.53. The number of aromatic nitrogens is 1. The second kappa shape index (κ2) is 6.23. The minimum absolute atomic E-state index is 0.513. The maximum absolute atomic E-state index is 6.19. The predicted molar refractivity (Wildman–Crippen MR) is 91.1 cm³/mol. The molecule has 1 fully saturated rings. The van der Waals surface area contributed by atoms with Gasteiger partial charge in [0.1, 0.15) is 5.82 Å². The molecule has 2 unspecified atom stereocenters. The molecule has 3 heteroatoms. The Hall–Kier alpha value is -1.28. The number of para-hydroxylation sites is 1. The van der Waals surface area contributed by atoms with Crippen LogP contribution in [0.25, 0.3) is 10.9 Å².